The van der Waals surface area contributed by atoms with Crippen LogP contribution in [0.4, 0.5) is 0 Å². The monoisotopic (exact) mass is 430 g/mol. The summed E-state index contributed by atoms with van der Waals surface area (Å²) in [6, 6.07) is 15.5. The van der Waals surface area contributed by atoms with Crippen LogP contribution in [0.5, 0.6) is 5.75 Å². The molecule has 0 fully saturated rings. The van der Waals surface area contributed by atoms with Crippen molar-refractivity contribution in [2.75, 3.05) is 13.7 Å². The average molecular weight is 431 g/mol. The van der Waals surface area contributed by atoms with E-state index in [2.05, 4.69) is 20.5 Å². The van der Waals surface area contributed by atoms with Crippen LogP contribution in [-0.2, 0) is 6.54 Å². The summed E-state index contributed by atoms with van der Waals surface area (Å²) in [5, 5.41) is 14.7. The summed E-state index contributed by atoms with van der Waals surface area (Å²) in [6.07, 6.45) is 3.52. The van der Waals surface area contributed by atoms with Gasteiger partial charge in [-0.25, -0.2) is 0 Å². The number of aromatic amines is 1. The van der Waals surface area contributed by atoms with Gasteiger partial charge >= 0.3 is 0 Å². The Kier molecular flexibility index (Phi) is 6.30. The Balaban J connectivity index is 1.55. The highest BCUT2D eigenvalue weighted by atomic mass is 16.5. The fraction of sp³-hybridized carbons (Fsp3) is 0.250. The SMILES string of the molecule is COc1cccc(-c2cc(-c3cccnc3)nn2CCNC(=O)c2cc(C(C)C)[nH]n2)c1. The van der Waals surface area contributed by atoms with E-state index in [9.17, 15) is 4.79 Å². The van der Waals surface area contributed by atoms with E-state index in [4.69, 9.17) is 9.84 Å². The van der Waals surface area contributed by atoms with E-state index in [0.29, 0.717) is 18.8 Å². The maximum Gasteiger partial charge on any atom is 0.271 e. The topological polar surface area (TPSA) is 97.7 Å². The first-order chi connectivity index (χ1) is 15.5. The highest BCUT2D eigenvalue weighted by Gasteiger charge is 2.15. The summed E-state index contributed by atoms with van der Waals surface area (Å²) in [4.78, 5) is 16.7. The van der Waals surface area contributed by atoms with Gasteiger partial charge in [0.05, 0.1) is 25.0 Å². The van der Waals surface area contributed by atoms with E-state index >= 15 is 0 Å². The van der Waals surface area contributed by atoms with E-state index in [1.165, 1.54) is 0 Å². The molecule has 0 atom stereocenters. The summed E-state index contributed by atoms with van der Waals surface area (Å²) in [5.74, 6) is 0.839. The number of methoxy groups -OCH3 is 1. The molecule has 2 N–H and O–H groups in total. The zero-order valence-corrected chi connectivity index (χ0v) is 18.4. The molecule has 0 bridgehead atoms. The number of benzene rings is 1. The largest absolute Gasteiger partial charge is 0.497 e. The molecule has 3 heterocycles. The van der Waals surface area contributed by atoms with Gasteiger partial charge in [-0.15, -0.1) is 0 Å². The second-order valence-electron chi connectivity index (χ2n) is 7.73. The average Bonchev–Trinajstić information content (AvgIpc) is 3.48. The lowest BCUT2D eigenvalue weighted by atomic mass is 10.1. The van der Waals surface area contributed by atoms with Crippen molar-refractivity contribution >= 4 is 5.91 Å². The molecule has 0 saturated carbocycles. The lowest BCUT2D eigenvalue weighted by molar-refractivity contribution is 0.0947. The molecular weight excluding hydrogens is 404 g/mol. The van der Waals surface area contributed by atoms with Gasteiger partial charge < -0.3 is 10.1 Å². The van der Waals surface area contributed by atoms with Crippen LogP contribution in [0.15, 0.2) is 60.9 Å². The second kappa shape index (κ2) is 9.47. The molecule has 0 aliphatic rings. The molecule has 3 aromatic heterocycles. The smallest absolute Gasteiger partial charge is 0.271 e. The number of pyridine rings is 1. The third kappa shape index (κ3) is 4.69. The van der Waals surface area contributed by atoms with E-state index < -0.39 is 0 Å². The Morgan fingerprint density at radius 3 is 2.72 bits per heavy atom. The van der Waals surface area contributed by atoms with Crippen LogP contribution in [0.2, 0.25) is 0 Å². The number of aromatic nitrogens is 5. The molecule has 8 heteroatoms. The maximum atomic E-state index is 12.5. The predicted octanol–water partition coefficient (Wildman–Crippen LogP) is 3.90. The highest BCUT2D eigenvalue weighted by molar-refractivity contribution is 5.92. The van der Waals surface area contributed by atoms with Gasteiger partial charge in [0.1, 0.15) is 11.4 Å². The van der Waals surface area contributed by atoms with Crippen molar-refractivity contribution in [1.29, 1.82) is 0 Å². The van der Waals surface area contributed by atoms with Crippen LogP contribution in [-0.4, -0.2) is 44.5 Å². The summed E-state index contributed by atoms with van der Waals surface area (Å²) in [5.41, 5.74) is 4.97. The molecular formula is C24H26N6O2. The minimum atomic E-state index is -0.212. The molecule has 0 saturated heterocycles. The van der Waals surface area contributed by atoms with E-state index in [-0.39, 0.29) is 11.8 Å². The normalized spacial score (nSPS) is 11.0. The van der Waals surface area contributed by atoms with Crippen molar-refractivity contribution in [1.82, 2.24) is 30.3 Å². The number of nitrogens with one attached hydrogen (secondary N) is 2. The Hall–Kier alpha value is -3.94. The van der Waals surface area contributed by atoms with Crippen LogP contribution in [0.25, 0.3) is 22.5 Å². The number of rotatable bonds is 8. The van der Waals surface area contributed by atoms with Crippen molar-refractivity contribution in [3.05, 3.63) is 72.3 Å². The van der Waals surface area contributed by atoms with Crippen molar-refractivity contribution < 1.29 is 9.53 Å². The summed E-state index contributed by atoms with van der Waals surface area (Å²) in [7, 11) is 1.65. The standard InChI is InChI=1S/C24H26N6O2/c1-16(2)20-13-22(28-27-20)24(31)26-10-11-30-23(17-6-4-8-19(12-17)32-3)14-21(29-30)18-7-5-9-25-15-18/h4-9,12-16H,10-11H2,1-3H3,(H,26,31)(H,27,28). The number of hydrogen-bond donors (Lipinski definition) is 2. The van der Waals surface area contributed by atoms with Crippen LogP contribution in [0.3, 0.4) is 0 Å². The molecule has 0 aliphatic carbocycles. The number of H-pyrrole nitrogens is 1. The first-order valence-electron chi connectivity index (χ1n) is 10.5. The maximum absolute atomic E-state index is 12.5. The van der Waals surface area contributed by atoms with Gasteiger partial charge in [-0.2, -0.15) is 10.2 Å². The van der Waals surface area contributed by atoms with Gasteiger partial charge in [-0.05, 0) is 42.3 Å². The Morgan fingerprint density at radius 2 is 2.00 bits per heavy atom. The first-order valence-corrected chi connectivity index (χ1v) is 10.5. The van der Waals surface area contributed by atoms with Crippen LogP contribution < -0.4 is 10.1 Å². The Labute approximate surface area is 186 Å². The Bertz CT molecular complexity index is 1200. The van der Waals surface area contributed by atoms with Crippen molar-refractivity contribution in [2.45, 2.75) is 26.3 Å². The van der Waals surface area contributed by atoms with Gasteiger partial charge in [0, 0.05) is 35.8 Å². The molecule has 4 rings (SSSR count). The number of amides is 1. The van der Waals surface area contributed by atoms with Gasteiger partial charge in [-0.1, -0.05) is 26.0 Å². The molecule has 0 spiro atoms. The van der Waals surface area contributed by atoms with Gasteiger partial charge in [0.15, 0.2) is 0 Å². The molecule has 0 radical (unpaired) electrons. The summed E-state index contributed by atoms with van der Waals surface area (Å²) < 4.78 is 7.27. The molecule has 0 aliphatic heterocycles. The molecule has 164 valence electrons. The number of carbonyl (C=O) groups is 1. The van der Waals surface area contributed by atoms with Crippen molar-refractivity contribution in [2.24, 2.45) is 0 Å². The predicted molar refractivity (Wildman–Crippen MR) is 122 cm³/mol. The lowest BCUT2D eigenvalue weighted by Gasteiger charge is -2.09. The quantitative estimate of drug-likeness (QED) is 0.442. The zero-order chi connectivity index (χ0) is 22.5. The van der Waals surface area contributed by atoms with Crippen LogP contribution >= 0.6 is 0 Å². The molecule has 32 heavy (non-hydrogen) atoms. The summed E-state index contributed by atoms with van der Waals surface area (Å²) in [6.45, 7) is 5.01. The zero-order valence-electron chi connectivity index (χ0n) is 18.4. The number of nitrogens with zero attached hydrogens (tertiary/aromatic N) is 4. The van der Waals surface area contributed by atoms with E-state index in [1.807, 2.05) is 61.0 Å². The van der Waals surface area contributed by atoms with Gasteiger partial charge in [0.25, 0.3) is 5.91 Å². The number of hydrogen-bond acceptors (Lipinski definition) is 5. The van der Waals surface area contributed by atoms with E-state index in [0.717, 1.165) is 34.0 Å². The van der Waals surface area contributed by atoms with Gasteiger partial charge in [0.2, 0.25) is 0 Å². The highest BCUT2D eigenvalue weighted by Crippen LogP contribution is 2.28. The van der Waals surface area contributed by atoms with E-state index in [1.54, 1.807) is 25.6 Å². The summed E-state index contributed by atoms with van der Waals surface area (Å²) >= 11 is 0. The third-order valence-corrected chi connectivity index (χ3v) is 5.16. The van der Waals surface area contributed by atoms with Crippen LogP contribution in [0, 0.1) is 0 Å². The number of ether oxygens (including phenoxy) is 1. The molecule has 4 aromatic rings. The van der Waals surface area contributed by atoms with Crippen LogP contribution in [0.1, 0.15) is 35.9 Å². The second-order valence-corrected chi connectivity index (χ2v) is 7.73. The molecule has 1 aromatic carbocycles. The number of carbonyl (C=O) groups excluding carboxylic acids is 1. The minimum Gasteiger partial charge on any atom is -0.497 e. The van der Waals surface area contributed by atoms with Gasteiger partial charge in [-0.3, -0.25) is 19.6 Å². The lowest BCUT2D eigenvalue weighted by Crippen LogP contribution is -2.28. The first kappa shape index (κ1) is 21.3. The Morgan fingerprint density at radius 1 is 1.16 bits per heavy atom. The molecule has 0 unspecified atom stereocenters. The van der Waals surface area contributed by atoms with Crippen molar-refractivity contribution in [3.63, 3.8) is 0 Å². The fourth-order valence-corrected chi connectivity index (χ4v) is 3.37. The molecule has 1 amide bonds. The molecule has 8 nitrogen and oxygen atoms in total. The minimum absolute atomic E-state index is 0.212. The third-order valence-electron chi connectivity index (χ3n) is 5.16. The fourth-order valence-electron chi connectivity index (χ4n) is 3.37. The van der Waals surface area contributed by atoms with Crippen molar-refractivity contribution in [3.8, 4) is 28.3 Å².